The summed E-state index contributed by atoms with van der Waals surface area (Å²) in [6, 6.07) is 3.49. The number of aromatic nitrogens is 1. The highest BCUT2D eigenvalue weighted by atomic mass is 16.5. The van der Waals surface area contributed by atoms with E-state index in [1.807, 2.05) is 0 Å². The molecule has 1 rings (SSSR count). The van der Waals surface area contributed by atoms with E-state index < -0.39 is 0 Å². The van der Waals surface area contributed by atoms with Crippen molar-refractivity contribution >= 4 is 5.97 Å². The van der Waals surface area contributed by atoms with Crippen molar-refractivity contribution in [3.8, 4) is 0 Å². The van der Waals surface area contributed by atoms with Crippen LogP contribution in [0.1, 0.15) is 38.2 Å². The first-order chi connectivity index (χ1) is 8.65. The maximum absolute atomic E-state index is 11.7. The number of nitrogens with zero attached hydrogens (tertiary/aromatic N) is 1. The van der Waals surface area contributed by atoms with Gasteiger partial charge in [0.15, 0.2) is 0 Å². The lowest BCUT2D eigenvalue weighted by Gasteiger charge is -2.07. The molecule has 0 aliphatic carbocycles. The molecule has 1 aromatic heterocycles. The minimum absolute atomic E-state index is 0.00566. The Bertz CT molecular complexity index is 437. The van der Waals surface area contributed by atoms with Gasteiger partial charge < -0.3 is 9.30 Å². The number of esters is 1. The lowest BCUT2D eigenvalue weighted by atomic mass is 10.2. The molecule has 0 amide bonds. The predicted molar refractivity (Wildman–Crippen MR) is 70.5 cm³/mol. The second-order valence-corrected chi connectivity index (χ2v) is 4.41. The van der Waals surface area contributed by atoms with Gasteiger partial charge in [-0.15, -0.1) is 0 Å². The zero-order valence-corrected chi connectivity index (χ0v) is 11.1. The Balaban J connectivity index is 2.36. The average Bonchev–Trinajstić information content (AvgIpc) is 2.35. The summed E-state index contributed by atoms with van der Waals surface area (Å²) in [6.45, 7) is 4.30. The first-order valence-electron chi connectivity index (χ1n) is 6.47. The van der Waals surface area contributed by atoms with Gasteiger partial charge in [0.25, 0.3) is 5.56 Å². The summed E-state index contributed by atoms with van der Waals surface area (Å²) in [5.74, 6) is -0.348. The van der Waals surface area contributed by atoms with Gasteiger partial charge >= 0.3 is 5.97 Å². The third-order valence-electron chi connectivity index (χ3n) is 2.77. The highest BCUT2D eigenvalue weighted by Crippen LogP contribution is 1.99. The van der Waals surface area contributed by atoms with E-state index in [9.17, 15) is 9.59 Å². The Hall–Kier alpha value is -1.58. The molecule has 1 heterocycles. The summed E-state index contributed by atoms with van der Waals surface area (Å²) in [5.41, 5.74) is 0.494. The molecule has 0 bridgehead atoms. The number of unbranched alkanes of at least 4 members (excludes halogenated alkanes) is 3. The molecule has 0 aliphatic heterocycles. The molecule has 0 aromatic carbocycles. The van der Waals surface area contributed by atoms with Crippen LogP contribution in [0.2, 0.25) is 0 Å². The quantitative estimate of drug-likeness (QED) is 0.552. The van der Waals surface area contributed by atoms with E-state index in [-0.39, 0.29) is 18.1 Å². The van der Waals surface area contributed by atoms with Crippen LogP contribution in [0.5, 0.6) is 0 Å². The Morgan fingerprint density at radius 1 is 1.33 bits per heavy atom. The van der Waals surface area contributed by atoms with Crippen LogP contribution in [-0.4, -0.2) is 17.1 Å². The fourth-order valence-electron chi connectivity index (χ4n) is 1.68. The van der Waals surface area contributed by atoms with E-state index in [1.165, 1.54) is 4.57 Å². The van der Waals surface area contributed by atoms with E-state index >= 15 is 0 Å². The molecule has 0 saturated carbocycles. The Morgan fingerprint density at radius 2 is 2.11 bits per heavy atom. The molecular formula is C14H21NO3. The summed E-state index contributed by atoms with van der Waals surface area (Å²) in [5, 5.41) is 0. The Labute approximate surface area is 108 Å². The summed E-state index contributed by atoms with van der Waals surface area (Å²) in [7, 11) is 0. The van der Waals surface area contributed by atoms with Crippen molar-refractivity contribution in [2.24, 2.45) is 0 Å². The smallest absolute Gasteiger partial charge is 0.326 e. The summed E-state index contributed by atoms with van der Waals surface area (Å²) < 4.78 is 6.47. The van der Waals surface area contributed by atoms with Gasteiger partial charge in [-0.05, 0) is 19.4 Å². The van der Waals surface area contributed by atoms with Crippen LogP contribution in [0.4, 0.5) is 0 Å². The minimum atomic E-state index is -0.348. The van der Waals surface area contributed by atoms with E-state index in [1.54, 1.807) is 25.3 Å². The normalized spacial score (nSPS) is 10.3. The standard InChI is InChI=1S/C14H21NO3/c1-3-4-5-6-10-18-13(16)11-15-9-7-8-12(2)14(15)17/h7-9H,3-6,10-11H2,1-2H3. The lowest BCUT2D eigenvalue weighted by molar-refractivity contribution is -0.144. The van der Waals surface area contributed by atoms with Gasteiger partial charge in [0, 0.05) is 11.8 Å². The molecule has 4 nitrogen and oxygen atoms in total. The molecule has 0 atom stereocenters. The lowest BCUT2D eigenvalue weighted by Crippen LogP contribution is -2.26. The van der Waals surface area contributed by atoms with Gasteiger partial charge in [-0.2, -0.15) is 0 Å². The van der Waals surface area contributed by atoms with Gasteiger partial charge in [0.2, 0.25) is 0 Å². The largest absolute Gasteiger partial charge is 0.464 e. The predicted octanol–water partition coefficient (Wildman–Crippen LogP) is 2.28. The third-order valence-corrected chi connectivity index (χ3v) is 2.77. The minimum Gasteiger partial charge on any atom is -0.464 e. The first-order valence-corrected chi connectivity index (χ1v) is 6.47. The van der Waals surface area contributed by atoms with Crippen molar-refractivity contribution < 1.29 is 9.53 Å². The second-order valence-electron chi connectivity index (χ2n) is 4.41. The third kappa shape index (κ3) is 4.73. The maximum Gasteiger partial charge on any atom is 0.326 e. The number of hydrogen-bond acceptors (Lipinski definition) is 3. The van der Waals surface area contributed by atoms with E-state index in [4.69, 9.17) is 4.74 Å². The summed E-state index contributed by atoms with van der Waals surface area (Å²) in [6.07, 6.45) is 5.89. The van der Waals surface area contributed by atoms with E-state index in [0.29, 0.717) is 12.2 Å². The molecule has 4 heteroatoms. The van der Waals surface area contributed by atoms with Crippen molar-refractivity contribution in [3.63, 3.8) is 0 Å². The van der Waals surface area contributed by atoms with E-state index in [2.05, 4.69) is 6.92 Å². The Kier molecular flexibility index (Phi) is 6.19. The SMILES string of the molecule is CCCCCCOC(=O)Cn1cccc(C)c1=O. The van der Waals surface area contributed by atoms with Crippen LogP contribution in [0.15, 0.2) is 23.1 Å². The van der Waals surface area contributed by atoms with Crippen LogP contribution < -0.4 is 5.56 Å². The summed E-state index contributed by atoms with van der Waals surface area (Å²) in [4.78, 5) is 23.2. The Morgan fingerprint density at radius 3 is 2.83 bits per heavy atom. The van der Waals surface area contributed by atoms with Gasteiger partial charge in [-0.1, -0.05) is 32.3 Å². The van der Waals surface area contributed by atoms with Crippen molar-refractivity contribution in [1.82, 2.24) is 4.57 Å². The van der Waals surface area contributed by atoms with Gasteiger partial charge in [-0.25, -0.2) is 0 Å². The van der Waals surface area contributed by atoms with Crippen LogP contribution in [0.3, 0.4) is 0 Å². The molecule has 0 aliphatic rings. The van der Waals surface area contributed by atoms with Crippen LogP contribution >= 0.6 is 0 Å². The van der Waals surface area contributed by atoms with E-state index in [0.717, 1.165) is 25.7 Å². The maximum atomic E-state index is 11.7. The number of carbonyl (C=O) groups excluding carboxylic acids is 1. The number of ether oxygens (including phenoxy) is 1. The zero-order chi connectivity index (χ0) is 13.4. The molecule has 0 spiro atoms. The van der Waals surface area contributed by atoms with Gasteiger partial charge in [-0.3, -0.25) is 9.59 Å². The number of aryl methyl sites for hydroxylation is 1. The summed E-state index contributed by atoms with van der Waals surface area (Å²) >= 11 is 0. The molecule has 18 heavy (non-hydrogen) atoms. The monoisotopic (exact) mass is 251 g/mol. The fraction of sp³-hybridized carbons (Fsp3) is 0.571. The second kappa shape index (κ2) is 7.69. The van der Waals surface area contributed by atoms with Crippen molar-refractivity contribution in [1.29, 1.82) is 0 Å². The zero-order valence-electron chi connectivity index (χ0n) is 11.1. The topological polar surface area (TPSA) is 48.3 Å². The van der Waals surface area contributed by atoms with Crippen molar-refractivity contribution in [2.75, 3.05) is 6.61 Å². The van der Waals surface area contributed by atoms with Crippen LogP contribution in [0.25, 0.3) is 0 Å². The molecule has 100 valence electrons. The van der Waals surface area contributed by atoms with Gasteiger partial charge in [0.05, 0.1) is 6.61 Å². The number of rotatable bonds is 7. The molecule has 0 unspecified atom stereocenters. The van der Waals surface area contributed by atoms with Crippen LogP contribution in [0, 0.1) is 6.92 Å². The van der Waals surface area contributed by atoms with Crippen molar-refractivity contribution in [2.45, 2.75) is 46.1 Å². The highest BCUT2D eigenvalue weighted by Gasteiger charge is 2.06. The average molecular weight is 251 g/mol. The molecular weight excluding hydrogens is 230 g/mol. The number of pyridine rings is 1. The first kappa shape index (κ1) is 14.5. The molecule has 0 saturated heterocycles. The number of carbonyl (C=O) groups is 1. The molecule has 0 N–H and O–H groups in total. The fourth-order valence-corrected chi connectivity index (χ4v) is 1.68. The molecule has 0 fully saturated rings. The van der Waals surface area contributed by atoms with Crippen LogP contribution in [-0.2, 0) is 16.1 Å². The van der Waals surface area contributed by atoms with Gasteiger partial charge in [0.1, 0.15) is 6.54 Å². The van der Waals surface area contributed by atoms with Crippen molar-refractivity contribution in [3.05, 3.63) is 34.2 Å². The highest BCUT2D eigenvalue weighted by molar-refractivity contribution is 5.69. The molecule has 1 aromatic rings. The number of hydrogen-bond donors (Lipinski definition) is 0. The molecule has 0 radical (unpaired) electrons.